The molecule has 0 saturated carbocycles. The second-order valence-electron chi connectivity index (χ2n) is 7.45. The topological polar surface area (TPSA) is 108 Å². The number of hydrogen-bond donors (Lipinski definition) is 2. The molecule has 2 aliphatic rings. The van der Waals surface area contributed by atoms with Gasteiger partial charge in [-0.3, -0.25) is 9.80 Å². The van der Waals surface area contributed by atoms with E-state index in [1.54, 1.807) is 0 Å². The van der Waals surface area contributed by atoms with Crippen molar-refractivity contribution in [2.45, 2.75) is 25.7 Å². The summed E-state index contributed by atoms with van der Waals surface area (Å²) in [5, 5.41) is 12.7. The van der Waals surface area contributed by atoms with Gasteiger partial charge in [0.1, 0.15) is 19.3 Å². The van der Waals surface area contributed by atoms with Gasteiger partial charge in [-0.25, -0.2) is 14.4 Å². The molecule has 1 atom stereocenters. The lowest BCUT2D eigenvalue weighted by atomic mass is 10.0. The number of nitrogens with zero attached hydrogens (tertiary/aromatic N) is 2. The van der Waals surface area contributed by atoms with E-state index >= 15 is 0 Å². The van der Waals surface area contributed by atoms with Crippen molar-refractivity contribution in [1.29, 1.82) is 0 Å². The number of amides is 2. The summed E-state index contributed by atoms with van der Waals surface area (Å²) in [6.07, 6.45) is -1.27. The molecule has 2 aliphatic heterocycles. The Morgan fingerprint density at radius 1 is 0.906 bits per heavy atom. The second-order valence-corrected chi connectivity index (χ2v) is 7.45. The molecule has 9 heteroatoms. The highest BCUT2D eigenvalue weighted by atomic mass is 16.6. The van der Waals surface area contributed by atoms with Gasteiger partial charge in [0.2, 0.25) is 0 Å². The minimum absolute atomic E-state index is 0.0233. The molecule has 2 aromatic rings. The summed E-state index contributed by atoms with van der Waals surface area (Å²) in [5.74, 6) is -1.14. The lowest BCUT2D eigenvalue weighted by Crippen LogP contribution is -2.50. The largest absolute Gasteiger partial charge is 0.480 e. The Morgan fingerprint density at radius 2 is 1.47 bits per heavy atom. The lowest BCUT2D eigenvalue weighted by molar-refractivity contribution is -0.142. The minimum Gasteiger partial charge on any atom is -0.480 e. The van der Waals surface area contributed by atoms with Crippen molar-refractivity contribution in [2.24, 2.45) is 0 Å². The van der Waals surface area contributed by atoms with E-state index < -0.39 is 24.2 Å². The Morgan fingerprint density at radius 3 is 2.03 bits per heavy atom. The van der Waals surface area contributed by atoms with Crippen molar-refractivity contribution >= 4 is 18.2 Å². The van der Waals surface area contributed by atoms with Gasteiger partial charge in [0.05, 0.1) is 18.9 Å². The minimum atomic E-state index is -1.14. The Labute approximate surface area is 184 Å². The van der Waals surface area contributed by atoms with E-state index in [1.807, 2.05) is 60.7 Å². The first-order valence-electron chi connectivity index (χ1n) is 10.2. The Kier molecular flexibility index (Phi) is 6.25. The molecule has 0 spiro atoms. The maximum atomic E-state index is 12.7. The van der Waals surface area contributed by atoms with E-state index in [0.717, 1.165) is 16.0 Å². The van der Waals surface area contributed by atoms with Crippen LogP contribution in [0.3, 0.4) is 0 Å². The van der Waals surface area contributed by atoms with E-state index in [9.17, 15) is 19.5 Å². The fourth-order valence-electron chi connectivity index (χ4n) is 3.67. The van der Waals surface area contributed by atoms with Gasteiger partial charge in [-0.2, -0.15) is 0 Å². The van der Waals surface area contributed by atoms with Crippen molar-refractivity contribution in [3.63, 3.8) is 0 Å². The standard InChI is InChI=1S/C23H23N3O6/c27-21(28)19-11-18-20(12-25(19)22(29)31-13-16-7-3-1-4-8-16)26(15-24-18)23(30)32-14-17-9-5-2-6-10-17/h1-10,19,24H,11-15H2,(H,27,28). The molecule has 0 saturated heterocycles. The zero-order valence-electron chi connectivity index (χ0n) is 17.3. The van der Waals surface area contributed by atoms with Crippen LogP contribution < -0.4 is 5.32 Å². The highest BCUT2D eigenvalue weighted by Gasteiger charge is 2.42. The van der Waals surface area contributed by atoms with E-state index in [1.165, 1.54) is 4.90 Å². The highest BCUT2D eigenvalue weighted by molar-refractivity contribution is 5.82. The maximum Gasteiger partial charge on any atom is 0.415 e. The molecule has 4 rings (SSSR count). The Hall–Kier alpha value is -4.01. The molecule has 1 unspecified atom stereocenters. The summed E-state index contributed by atoms with van der Waals surface area (Å²) >= 11 is 0. The molecule has 2 aromatic carbocycles. The first-order valence-corrected chi connectivity index (χ1v) is 10.2. The third-order valence-corrected chi connectivity index (χ3v) is 5.37. The number of rotatable bonds is 5. The van der Waals surface area contributed by atoms with Crippen molar-refractivity contribution < 1.29 is 29.0 Å². The van der Waals surface area contributed by atoms with Crippen LogP contribution in [0.2, 0.25) is 0 Å². The average Bonchev–Trinajstić information content (AvgIpc) is 3.24. The number of carbonyl (C=O) groups excluding carboxylic acids is 2. The second kappa shape index (κ2) is 9.42. The van der Waals surface area contributed by atoms with Crippen LogP contribution in [0.1, 0.15) is 17.5 Å². The van der Waals surface area contributed by atoms with E-state index in [4.69, 9.17) is 9.47 Å². The molecule has 0 aliphatic carbocycles. The normalized spacial score (nSPS) is 17.4. The van der Waals surface area contributed by atoms with Gasteiger partial charge in [0.15, 0.2) is 0 Å². The molecule has 0 bridgehead atoms. The van der Waals surface area contributed by atoms with E-state index in [0.29, 0.717) is 11.4 Å². The van der Waals surface area contributed by atoms with Gasteiger partial charge >= 0.3 is 18.2 Å². The van der Waals surface area contributed by atoms with Crippen molar-refractivity contribution in [2.75, 3.05) is 13.2 Å². The molecular formula is C23H23N3O6. The van der Waals surface area contributed by atoms with Gasteiger partial charge in [-0.05, 0) is 11.1 Å². The number of carboxylic acids is 1. The Bertz CT molecular complexity index is 1020. The van der Waals surface area contributed by atoms with Crippen molar-refractivity contribution in [3.05, 3.63) is 83.2 Å². The van der Waals surface area contributed by atoms with Crippen LogP contribution in [0.25, 0.3) is 0 Å². The third-order valence-electron chi connectivity index (χ3n) is 5.37. The summed E-state index contributed by atoms with van der Waals surface area (Å²) in [5.41, 5.74) is 2.76. The van der Waals surface area contributed by atoms with Crippen LogP contribution in [-0.4, -0.2) is 52.3 Å². The number of carboxylic acid groups (broad SMARTS) is 1. The average molecular weight is 437 g/mol. The summed E-state index contributed by atoms with van der Waals surface area (Å²) in [7, 11) is 0. The van der Waals surface area contributed by atoms with Gasteiger partial charge in [0, 0.05) is 12.1 Å². The molecule has 0 aromatic heterocycles. The van der Waals surface area contributed by atoms with Gasteiger partial charge in [-0.1, -0.05) is 60.7 Å². The molecule has 166 valence electrons. The van der Waals surface area contributed by atoms with Crippen LogP contribution in [0, 0.1) is 0 Å². The lowest BCUT2D eigenvalue weighted by Gasteiger charge is -2.34. The number of ether oxygens (including phenoxy) is 2. The van der Waals surface area contributed by atoms with Gasteiger partial charge in [0.25, 0.3) is 0 Å². The van der Waals surface area contributed by atoms with Crippen molar-refractivity contribution in [1.82, 2.24) is 15.1 Å². The molecule has 2 N–H and O–H groups in total. The van der Waals surface area contributed by atoms with Gasteiger partial charge < -0.3 is 19.9 Å². The fraction of sp³-hybridized carbons (Fsp3) is 0.261. The van der Waals surface area contributed by atoms with Crippen LogP contribution in [-0.2, 0) is 27.5 Å². The smallest absolute Gasteiger partial charge is 0.415 e. The van der Waals surface area contributed by atoms with E-state index in [2.05, 4.69) is 5.32 Å². The molecule has 32 heavy (non-hydrogen) atoms. The summed E-state index contributed by atoms with van der Waals surface area (Å²) in [6.45, 7) is 0.208. The summed E-state index contributed by atoms with van der Waals surface area (Å²) < 4.78 is 10.7. The molecule has 2 amide bonds. The molecule has 9 nitrogen and oxygen atoms in total. The summed E-state index contributed by atoms with van der Waals surface area (Å²) in [6, 6.07) is 17.3. The first kappa shape index (κ1) is 21.2. The van der Waals surface area contributed by atoms with Crippen molar-refractivity contribution in [3.8, 4) is 0 Å². The van der Waals surface area contributed by atoms with Crippen LogP contribution in [0.5, 0.6) is 0 Å². The SMILES string of the molecule is O=C(O)C1CC2=C(CN1C(=O)OCc1ccccc1)N(C(=O)OCc1ccccc1)CN2. The molecule has 0 fully saturated rings. The predicted molar refractivity (Wildman–Crippen MR) is 113 cm³/mol. The predicted octanol–water partition coefficient (Wildman–Crippen LogP) is 2.89. The maximum absolute atomic E-state index is 12.7. The number of benzene rings is 2. The van der Waals surface area contributed by atoms with Crippen LogP contribution in [0.15, 0.2) is 72.1 Å². The third kappa shape index (κ3) is 4.66. The highest BCUT2D eigenvalue weighted by Crippen LogP contribution is 2.29. The number of carbonyl (C=O) groups is 3. The monoisotopic (exact) mass is 437 g/mol. The number of nitrogens with one attached hydrogen (secondary N) is 1. The van der Waals surface area contributed by atoms with Crippen LogP contribution >= 0.6 is 0 Å². The molecular weight excluding hydrogens is 414 g/mol. The molecule has 0 radical (unpaired) electrons. The number of hydrogen-bond acceptors (Lipinski definition) is 6. The number of aliphatic carboxylic acids is 1. The Balaban J connectivity index is 1.43. The van der Waals surface area contributed by atoms with E-state index in [-0.39, 0.29) is 32.8 Å². The van der Waals surface area contributed by atoms with Gasteiger partial charge in [-0.15, -0.1) is 0 Å². The zero-order chi connectivity index (χ0) is 22.5. The fourth-order valence-corrected chi connectivity index (χ4v) is 3.67. The first-order chi connectivity index (χ1) is 15.5. The summed E-state index contributed by atoms with van der Waals surface area (Å²) in [4.78, 5) is 39.7. The quantitative estimate of drug-likeness (QED) is 0.740. The zero-order valence-corrected chi connectivity index (χ0v) is 17.3. The molecule has 2 heterocycles. The van der Waals surface area contributed by atoms with Crippen LogP contribution in [0.4, 0.5) is 9.59 Å².